The van der Waals surface area contributed by atoms with Gasteiger partial charge in [0.1, 0.15) is 6.04 Å². The molecular weight excluding hydrogens is 252 g/mol. The maximum Gasteiger partial charge on any atom is 0.326 e. The van der Waals surface area contributed by atoms with Crippen molar-refractivity contribution in [2.45, 2.75) is 38.6 Å². The lowest BCUT2D eigenvalue weighted by Gasteiger charge is -2.14. The zero-order valence-corrected chi connectivity index (χ0v) is 11.3. The molecular formula is C12H18N2O3S. The highest BCUT2D eigenvalue weighted by Gasteiger charge is 2.41. The zero-order chi connectivity index (χ0) is 13.6. The van der Waals surface area contributed by atoms with E-state index in [1.165, 1.54) is 6.92 Å². The van der Waals surface area contributed by atoms with E-state index in [9.17, 15) is 9.59 Å². The Morgan fingerprint density at radius 2 is 2.22 bits per heavy atom. The van der Waals surface area contributed by atoms with Gasteiger partial charge in [0.25, 0.3) is 0 Å². The van der Waals surface area contributed by atoms with Crippen molar-refractivity contribution in [1.29, 1.82) is 5.26 Å². The van der Waals surface area contributed by atoms with E-state index in [1.807, 2.05) is 0 Å². The lowest BCUT2D eigenvalue weighted by atomic mass is 10.1. The molecule has 0 aromatic rings. The lowest BCUT2D eigenvalue weighted by molar-refractivity contribution is -0.141. The van der Waals surface area contributed by atoms with Gasteiger partial charge in [-0.3, -0.25) is 4.79 Å². The van der Waals surface area contributed by atoms with E-state index in [0.717, 1.165) is 18.6 Å². The molecule has 1 unspecified atom stereocenters. The first-order valence-corrected chi connectivity index (χ1v) is 7.09. The summed E-state index contributed by atoms with van der Waals surface area (Å²) in [5.74, 6) is 0.275. The molecule has 1 atom stereocenters. The molecule has 100 valence electrons. The maximum atomic E-state index is 10.9. The van der Waals surface area contributed by atoms with E-state index in [1.54, 1.807) is 11.8 Å². The molecule has 5 nitrogen and oxygen atoms in total. The van der Waals surface area contributed by atoms with E-state index in [-0.39, 0.29) is 11.3 Å². The first kappa shape index (κ1) is 14.8. The number of carboxylic acid groups (broad SMARTS) is 1. The van der Waals surface area contributed by atoms with Gasteiger partial charge < -0.3 is 10.4 Å². The van der Waals surface area contributed by atoms with Crippen LogP contribution in [-0.4, -0.2) is 34.5 Å². The van der Waals surface area contributed by atoms with Gasteiger partial charge in [-0.15, -0.1) is 0 Å². The highest BCUT2D eigenvalue weighted by atomic mass is 32.2. The Balaban J connectivity index is 2.21. The molecule has 1 fully saturated rings. The summed E-state index contributed by atoms with van der Waals surface area (Å²) in [5, 5.41) is 20.0. The number of rotatable bonds is 8. The van der Waals surface area contributed by atoms with E-state index in [0.29, 0.717) is 18.6 Å². The quantitative estimate of drug-likeness (QED) is 0.650. The SMILES string of the molecule is CC(=O)NC(CCSCC1(CC#N)CC1)C(=O)O. The first-order valence-electron chi connectivity index (χ1n) is 5.94. The predicted octanol–water partition coefficient (Wildman–Crippen LogP) is 1.39. The Morgan fingerprint density at radius 3 is 2.67 bits per heavy atom. The molecule has 0 radical (unpaired) electrons. The number of amides is 1. The van der Waals surface area contributed by atoms with Crippen LogP contribution in [0, 0.1) is 16.7 Å². The average molecular weight is 270 g/mol. The molecule has 0 bridgehead atoms. The summed E-state index contributed by atoms with van der Waals surface area (Å²) in [5.41, 5.74) is 0.187. The molecule has 1 aliphatic carbocycles. The second-order valence-corrected chi connectivity index (χ2v) is 5.87. The smallest absolute Gasteiger partial charge is 0.326 e. The van der Waals surface area contributed by atoms with Crippen LogP contribution in [-0.2, 0) is 9.59 Å². The minimum absolute atomic E-state index is 0.187. The Labute approximate surface area is 111 Å². The molecule has 0 aromatic heterocycles. The van der Waals surface area contributed by atoms with Crippen LogP contribution in [0.2, 0.25) is 0 Å². The number of nitrogens with one attached hydrogen (secondary N) is 1. The molecule has 18 heavy (non-hydrogen) atoms. The summed E-state index contributed by atoms with van der Waals surface area (Å²) in [4.78, 5) is 21.7. The second kappa shape index (κ2) is 6.64. The number of hydrogen-bond acceptors (Lipinski definition) is 4. The molecule has 0 aromatic carbocycles. The molecule has 0 spiro atoms. The largest absolute Gasteiger partial charge is 0.480 e. The summed E-state index contributed by atoms with van der Waals surface area (Å²) in [7, 11) is 0. The third kappa shape index (κ3) is 4.96. The van der Waals surface area contributed by atoms with E-state index in [4.69, 9.17) is 10.4 Å². The fraction of sp³-hybridized carbons (Fsp3) is 0.750. The zero-order valence-electron chi connectivity index (χ0n) is 10.4. The van der Waals surface area contributed by atoms with Gasteiger partial charge in [0, 0.05) is 13.3 Å². The van der Waals surface area contributed by atoms with Crippen LogP contribution in [0.1, 0.15) is 32.6 Å². The van der Waals surface area contributed by atoms with Gasteiger partial charge in [0.2, 0.25) is 5.91 Å². The third-order valence-corrected chi connectivity index (χ3v) is 4.39. The Bertz CT molecular complexity index is 361. The molecule has 1 aliphatic rings. The minimum atomic E-state index is -0.996. The standard InChI is InChI=1S/C12H18N2O3S/c1-9(15)14-10(11(16)17)2-7-18-8-12(3-4-12)5-6-13/h10H,2-5,7-8H2,1H3,(H,14,15)(H,16,17). The van der Waals surface area contributed by atoms with E-state index >= 15 is 0 Å². The van der Waals surface area contributed by atoms with Crippen molar-refractivity contribution in [1.82, 2.24) is 5.32 Å². The lowest BCUT2D eigenvalue weighted by Crippen LogP contribution is -2.39. The van der Waals surface area contributed by atoms with Gasteiger partial charge in [-0.1, -0.05) is 0 Å². The number of carbonyl (C=O) groups is 2. The van der Waals surface area contributed by atoms with Crippen LogP contribution in [0.3, 0.4) is 0 Å². The number of hydrogen-bond donors (Lipinski definition) is 2. The Kier molecular flexibility index (Phi) is 5.48. The van der Waals surface area contributed by atoms with Gasteiger partial charge in [-0.05, 0) is 36.2 Å². The number of nitrogens with zero attached hydrogens (tertiary/aromatic N) is 1. The van der Waals surface area contributed by atoms with Crippen molar-refractivity contribution < 1.29 is 14.7 Å². The van der Waals surface area contributed by atoms with Crippen molar-refractivity contribution in [3.8, 4) is 6.07 Å². The molecule has 1 rings (SSSR count). The van der Waals surface area contributed by atoms with Gasteiger partial charge >= 0.3 is 5.97 Å². The van der Waals surface area contributed by atoms with Crippen LogP contribution in [0.15, 0.2) is 0 Å². The minimum Gasteiger partial charge on any atom is -0.480 e. The predicted molar refractivity (Wildman–Crippen MR) is 69.1 cm³/mol. The summed E-state index contributed by atoms with van der Waals surface area (Å²) >= 11 is 1.67. The van der Waals surface area contributed by atoms with Crippen LogP contribution < -0.4 is 5.32 Å². The molecule has 0 aliphatic heterocycles. The van der Waals surface area contributed by atoms with Crippen LogP contribution in [0.25, 0.3) is 0 Å². The van der Waals surface area contributed by atoms with Crippen molar-refractivity contribution in [2.24, 2.45) is 5.41 Å². The van der Waals surface area contributed by atoms with E-state index in [2.05, 4.69) is 11.4 Å². The monoisotopic (exact) mass is 270 g/mol. The van der Waals surface area contributed by atoms with Crippen molar-refractivity contribution in [2.75, 3.05) is 11.5 Å². The first-order chi connectivity index (χ1) is 8.49. The Morgan fingerprint density at radius 1 is 1.56 bits per heavy atom. The highest BCUT2D eigenvalue weighted by Crippen LogP contribution is 2.50. The number of nitriles is 1. The Hall–Kier alpha value is -1.22. The van der Waals surface area contributed by atoms with Gasteiger partial charge in [-0.2, -0.15) is 17.0 Å². The average Bonchev–Trinajstić information content (AvgIpc) is 3.03. The molecule has 1 amide bonds. The van der Waals surface area contributed by atoms with Crippen LogP contribution >= 0.6 is 11.8 Å². The molecule has 0 heterocycles. The maximum absolute atomic E-state index is 10.9. The highest BCUT2D eigenvalue weighted by molar-refractivity contribution is 7.99. The summed E-state index contributed by atoms with van der Waals surface area (Å²) < 4.78 is 0. The van der Waals surface area contributed by atoms with Crippen molar-refractivity contribution >= 4 is 23.6 Å². The molecule has 6 heteroatoms. The van der Waals surface area contributed by atoms with E-state index < -0.39 is 12.0 Å². The normalized spacial score (nSPS) is 17.6. The summed E-state index contributed by atoms with van der Waals surface area (Å²) in [6, 6.07) is 1.40. The van der Waals surface area contributed by atoms with Crippen molar-refractivity contribution in [3.63, 3.8) is 0 Å². The summed E-state index contributed by atoms with van der Waals surface area (Å²) in [6.45, 7) is 1.31. The molecule has 2 N–H and O–H groups in total. The fourth-order valence-electron chi connectivity index (χ4n) is 1.71. The topological polar surface area (TPSA) is 90.2 Å². The van der Waals surface area contributed by atoms with Crippen molar-refractivity contribution in [3.05, 3.63) is 0 Å². The third-order valence-electron chi connectivity index (χ3n) is 3.05. The van der Waals surface area contributed by atoms with Gasteiger partial charge in [-0.25, -0.2) is 4.79 Å². The number of carboxylic acids is 1. The van der Waals surface area contributed by atoms with Crippen LogP contribution in [0.4, 0.5) is 0 Å². The number of aliphatic carboxylic acids is 1. The molecule has 0 saturated heterocycles. The fourth-order valence-corrected chi connectivity index (χ4v) is 3.08. The summed E-state index contributed by atoms with van der Waals surface area (Å²) in [6.07, 6.45) is 3.21. The van der Waals surface area contributed by atoms with Crippen LogP contribution in [0.5, 0.6) is 0 Å². The second-order valence-electron chi connectivity index (χ2n) is 4.77. The number of carbonyl (C=O) groups excluding carboxylic acids is 1. The molecule has 1 saturated carbocycles. The number of thioether (sulfide) groups is 1. The van der Waals surface area contributed by atoms with Gasteiger partial charge in [0.05, 0.1) is 6.07 Å². The van der Waals surface area contributed by atoms with Gasteiger partial charge in [0.15, 0.2) is 0 Å².